The maximum absolute atomic E-state index is 12.0. The molecule has 2 N–H and O–H groups in total. The Bertz CT molecular complexity index is 485. The summed E-state index contributed by atoms with van der Waals surface area (Å²) in [5.41, 5.74) is 7.74. The molecule has 0 amide bonds. The van der Waals surface area contributed by atoms with Gasteiger partial charge in [-0.2, -0.15) is 4.31 Å². The maximum atomic E-state index is 12.0. The van der Waals surface area contributed by atoms with Crippen LogP contribution in [0.2, 0.25) is 0 Å². The van der Waals surface area contributed by atoms with E-state index in [9.17, 15) is 8.42 Å². The largest absolute Gasteiger partial charge is 0.330 e. The van der Waals surface area contributed by atoms with Gasteiger partial charge in [0.25, 0.3) is 0 Å². The van der Waals surface area contributed by atoms with Crippen molar-refractivity contribution in [1.29, 1.82) is 0 Å². The van der Waals surface area contributed by atoms with Gasteiger partial charge in [-0.05, 0) is 30.5 Å². The summed E-state index contributed by atoms with van der Waals surface area (Å²) in [4.78, 5) is 0. The molecule has 2 rings (SSSR count). The SMILES string of the molecule is NCCCS(=O)(=O)N1CCc2ccccc2C1. The van der Waals surface area contributed by atoms with Crippen LogP contribution in [0.5, 0.6) is 0 Å². The van der Waals surface area contributed by atoms with E-state index in [0.717, 1.165) is 12.0 Å². The van der Waals surface area contributed by atoms with Crippen molar-refractivity contribution in [3.05, 3.63) is 35.4 Å². The third-order valence-corrected chi connectivity index (χ3v) is 5.00. The van der Waals surface area contributed by atoms with Gasteiger partial charge in [-0.25, -0.2) is 8.42 Å². The monoisotopic (exact) mass is 254 g/mol. The molecular formula is C12H18N2O2S. The first-order valence-corrected chi connectivity index (χ1v) is 7.49. The van der Waals surface area contributed by atoms with Gasteiger partial charge in [0.05, 0.1) is 5.75 Å². The molecule has 1 aliphatic heterocycles. The molecule has 0 aromatic heterocycles. The minimum Gasteiger partial charge on any atom is -0.330 e. The lowest BCUT2D eigenvalue weighted by Gasteiger charge is -2.28. The molecule has 17 heavy (non-hydrogen) atoms. The van der Waals surface area contributed by atoms with Crippen molar-refractivity contribution in [3.63, 3.8) is 0 Å². The van der Waals surface area contributed by atoms with Crippen LogP contribution in [-0.4, -0.2) is 31.6 Å². The Morgan fingerprint density at radius 2 is 1.94 bits per heavy atom. The lowest BCUT2D eigenvalue weighted by atomic mass is 10.0. The summed E-state index contributed by atoms with van der Waals surface area (Å²) >= 11 is 0. The molecule has 94 valence electrons. The molecule has 5 heteroatoms. The molecule has 0 saturated carbocycles. The Morgan fingerprint density at radius 1 is 1.24 bits per heavy atom. The molecule has 1 aromatic carbocycles. The van der Waals surface area contributed by atoms with E-state index in [4.69, 9.17) is 5.73 Å². The van der Waals surface area contributed by atoms with Crippen molar-refractivity contribution in [2.75, 3.05) is 18.8 Å². The molecule has 0 spiro atoms. The molecule has 1 aromatic rings. The van der Waals surface area contributed by atoms with Crippen molar-refractivity contribution >= 4 is 10.0 Å². The number of nitrogens with two attached hydrogens (primary N) is 1. The quantitative estimate of drug-likeness (QED) is 0.861. The smallest absolute Gasteiger partial charge is 0.214 e. The molecule has 0 fully saturated rings. The number of rotatable bonds is 4. The van der Waals surface area contributed by atoms with E-state index < -0.39 is 10.0 Å². The summed E-state index contributed by atoms with van der Waals surface area (Å²) in [6.07, 6.45) is 1.33. The first kappa shape index (κ1) is 12.5. The van der Waals surface area contributed by atoms with E-state index in [0.29, 0.717) is 26.1 Å². The van der Waals surface area contributed by atoms with Gasteiger partial charge >= 0.3 is 0 Å². The number of nitrogens with zero attached hydrogens (tertiary/aromatic N) is 1. The highest BCUT2D eigenvalue weighted by Gasteiger charge is 2.25. The number of hydrogen-bond acceptors (Lipinski definition) is 3. The van der Waals surface area contributed by atoms with Crippen LogP contribution in [0.1, 0.15) is 17.5 Å². The fourth-order valence-corrected chi connectivity index (χ4v) is 3.60. The van der Waals surface area contributed by atoms with Crippen LogP contribution in [0.4, 0.5) is 0 Å². The van der Waals surface area contributed by atoms with Crippen molar-refractivity contribution in [1.82, 2.24) is 4.31 Å². The van der Waals surface area contributed by atoms with Gasteiger partial charge in [0, 0.05) is 13.1 Å². The zero-order chi connectivity index (χ0) is 12.3. The van der Waals surface area contributed by atoms with Crippen LogP contribution in [0, 0.1) is 0 Å². The van der Waals surface area contributed by atoms with E-state index in [2.05, 4.69) is 6.07 Å². The van der Waals surface area contributed by atoms with Crippen LogP contribution in [0.15, 0.2) is 24.3 Å². The van der Waals surface area contributed by atoms with Crippen LogP contribution in [0.25, 0.3) is 0 Å². The highest BCUT2D eigenvalue weighted by Crippen LogP contribution is 2.21. The highest BCUT2D eigenvalue weighted by atomic mass is 32.2. The number of hydrogen-bond donors (Lipinski definition) is 1. The summed E-state index contributed by atoms with van der Waals surface area (Å²) in [5, 5.41) is 0. The minimum absolute atomic E-state index is 0.158. The molecule has 0 aliphatic carbocycles. The second kappa shape index (κ2) is 5.16. The molecular weight excluding hydrogens is 236 g/mol. The van der Waals surface area contributed by atoms with Crippen LogP contribution < -0.4 is 5.73 Å². The first-order valence-electron chi connectivity index (χ1n) is 5.88. The van der Waals surface area contributed by atoms with Crippen LogP contribution in [-0.2, 0) is 23.0 Å². The summed E-state index contributed by atoms with van der Waals surface area (Å²) < 4.78 is 25.6. The van der Waals surface area contributed by atoms with Crippen molar-refractivity contribution < 1.29 is 8.42 Å². The van der Waals surface area contributed by atoms with Crippen molar-refractivity contribution in [2.24, 2.45) is 5.73 Å². The number of benzene rings is 1. The number of fused-ring (bicyclic) bond motifs is 1. The lowest BCUT2D eigenvalue weighted by Crippen LogP contribution is -2.37. The Labute approximate surface area is 102 Å². The molecule has 0 radical (unpaired) electrons. The Hall–Kier alpha value is -0.910. The topological polar surface area (TPSA) is 63.4 Å². The van der Waals surface area contributed by atoms with Gasteiger partial charge in [0.15, 0.2) is 0 Å². The standard InChI is InChI=1S/C12H18N2O2S/c13-7-3-9-17(15,16)14-8-6-11-4-1-2-5-12(11)10-14/h1-2,4-5H,3,6-10,13H2. The molecule has 0 bridgehead atoms. The van der Waals surface area contributed by atoms with Crippen molar-refractivity contribution in [2.45, 2.75) is 19.4 Å². The third-order valence-electron chi connectivity index (χ3n) is 3.10. The third kappa shape index (κ3) is 2.86. The minimum atomic E-state index is -3.13. The van der Waals surface area contributed by atoms with Crippen molar-refractivity contribution in [3.8, 4) is 0 Å². The molecule has 0 saturated heterocycles. The fourth-order valence-electron chi connectivity index (χ4n) is 2.10. The highest BCUT2D eigenvalue weighted by molar-refractivity contribution is 7.89. The van der Waals surface area contributed by atoms with Gasteiger partial charge < -0.3 is 5.73 Å². The van der Waals surface area contributed by atoms with Gasteiger partial charge in [-0.1, -0.05) is 24.3 Å². The normalized spacial score (nSPS) is 16.8. The molecule has 1 aliphatic rings. The molecule has 0 atom stereocenters. The van der Waals surface area contributed by atoms with Crippen LogP contribution >= 0.6 is 0 Å². The zero-order valence-electron chi connectivity index (χ0n) is 9.80. The fraction of sp³-hybridized carbons (Fsp3) is 0.500. The lowest BCUT2D eigenvalue weighted by molar-refractivity contribution is 0.391. The average Bonchev–Trinajstić information content (AvgIpc) is 2.36. The predicted molar refractivity (Wildman–Crippen MR) is 68.0 cm³/mol. The first-order chi connectivity index (χ1) is 8.13. The van der Waals surface area contributed by atoms with E-state index >= 15 is 0 Å². The zero-order valence-corrected chi connectivity index (χ0v) is 10.6. The molecule has 0 unspecified atom stereocenters. The summed E-state index contributed by atoms with van der Waals surface area (Å²) in [6.45, 7) is 1.51. The summed E-state index contributed by atoms with van der Waals surface area (Å²) in [7, 11) is -3.13. The van der Waals surface area contributed by atoms with Gasteiger partial charge in [0.2, 0.25) is 10.0 Å². The van der Waals surface area contributed by atoms with E-state index in [1.165, 1.54) is 5.56 Å². The Morgan fingerprint density at radius 3 is 2.65 bits per heavy atom. The van der Waals surface area contributed by atoms with Gasteiger partial charge in [-0.3, -0.25) is 0 Å². The molecule has 1 heterocycles. The molecule has 4 nitrogen and oxygen atoms in total. The summed E-state index contributed by atoms with van der Waals surface area (Å²) in [5.74, 6) is 0.158. The van der Waals surface area contributed by atoms with Gasteiger partial charge in [0.1, 0.15) is 0 Å². The maximum Gasteiger partial charge on any atom is 0.214 e. The summed E-state index contributed by atoms with van der Waals surface area (Å²) in [6, 6.07) is 8.02. The van der Waals surface area contributed by atoms with E-state index in [-0.39, 0.29) is 5.75 Å². The Kier molecular flexibility index (Phi) is 3.81. The van der Waals surface area contributed by atoms with E-state index in [1.807, 2.05) is 18.2 Å². The number of sulfonamides is 1. The van der Waals surface area contributed by atoms with E-state index in [1.54, 1.807) is 4.31 Å². The second-order valence-corrected chi connectivity index (χ2v) is 6.40. The average molecular weight is 254 g/mol. The van der Waals surface area contributed by atoms with Gasteiger partial charge in [-0.15, -0.1) is 0 Å². The van der Waals surface area contributed by atoms with Crippen LogP contribution in [0.3, 0.4) is 0 Å². The Balaban J connectivity index is 2.12. The second-order valence-electron chi connectivity index (χ2n) is 4.31. The predicted octanol–water partition coefficient (Wildman–Crippen LogP) is 0.723.